The third-order valence-corrected chi connectivity index (χ3v) is 3.92. The van der Waals surface area contributed by atoms with Gasteiger partial charge >= 0.3 is 0 Å². The van der Waals surface area contributed by atoms with Crippen LogP contribution in [0.2, 0.25) is 0 Å². The molecule has 0 heterocycles. The van der Waals surface area contributed by atoms with E-state index in [1.807, 2.05) is 13.8 Å². The molecular formula is C14H19ClFNO. The molecule has 0 aromatic heterocycles. The van der Waals surface area contributed by atoms with E-state index in [0.29, 0.717) is 17.0 Å². The molecule has 0 saturated carbocycles. The van der Waals surface area contributed by atoms with Gasteiger partial charge in [0.25, 0.3) is 5.91 Å². The summed E-state index contributed by atoms with van der Waals surface area (Å²) in [6.45, 7) is 5.62. The SMILES string of the molecule is CCC(CC)(CCl)NC(=O)c1ccc(F)c(C)c1. The van der Waals surface area contributed by atoms with Crippen LogP contribution in [0.15, 0.2) is 18.2 Å². The zero-order valence-electron chi connectivity index (χ0n) is 11.0. The van der Waals surface area contributed by atoms with Gasteiger partial charge in [0, 0.05) is 11.4 Å². The Morgan fingerprint density at radius 3 is 2.44 bits per heavy atom. The summed E-state index contributed by atoms with van der Waals surface area (Å²) in [6.07, 6.45) is 1.53. The molecule has 1 N–H and O–H groups in total. The third kappa shape index (κ3) is 3.22. The van der Waals surface area contributed by atoms with Crippen LogP contribution in [0.4, 0.5) is 4.39 Å². The second-order valence-corrected chi connectivity index (χ2v) is 4.81. The van der Waals surface area contributed by atoms with Crippen LogP contribution in [0.5, 0.6) is 0 Å². The number of aryl methyl sites for hydroxylation is 1. The Labute approximate surface area is 113 Å². The van der Waals surface area contributed by atoms with Gasteiger partial charge in [0.15, 0.2) is 0 Å². The lowest BCUT2D eigenvalue weighted by Gasteiger charge is -2.30. The van der Waals surface area contributed by atoms with Gasteiger partial charge in [-0.05, 0) is 43.5 Å². The van der Waals surface area contributed by atoms with Crippen LogP contribution < -0.4 is 5.32 Å². The van der Waals surface area contributed by atoms with Crippen molar-refractivity contribution in [2.75, 3.05) is 5.88 Å². The van der Waals surface area contributed by atoms with Gasteiger partial charge in [-0.25, -0.2) is 4.39 Å². The Kier molecular flexibility index (Phi) is 5.15. The number of hydrogen-bond donors (Lipinski definition) is 1. The van der Waals surface area contributed by atoms with Crippen LogP contribution in [0.1, 0.15) is 42.6 Å². The van der Waals surface area contributed by atoms with Gasteiger partial charge in [0.1, 0.15) is 5.82 Å². The molecule has 0 aliphatic heterocycles. The summed E-state index contributed by atoms with van der Waals surface area (Å²) < 4.78 is 13.1. The molecule has 0 fully saturated rings. The summed E-state index contributed by atoms with van der Waals surface area (Å²) in [4.78, 5) is 12.1. The van der Waals surface area contributed by atoms with Crippen LogP contribution in [0.3, 0.4) is 0 Å². The number of benzene rings is 1. The van der Waals surface area contributed by atoms with E-state index in [1.54, 1.807) is 13.0 Å². The van der Waals surface area contributed by atoms with Crippen LogP contribution in [0, 0.1) is 12.7 Å². The average molecular weight is 272 g/mol. The Morgan fingerprint density at radius 2 is 2.00 bits per heavy atom. The van der Waals surface area contributed by atoms with E-state index < -0.39 is 0 Å². The first-order valence-electron chi connectivity index (χ1n) is 6.12. The maximum absolute atomic E-state index is 13.1. The number of amides is 1. The number of carbonyl (C=O) groups is 1. The molecule has 4 heteroatoms. The highest BCUT2D eigenvalue weighted by atomic mass is 35.5. The molecule has 0 bridgehead atoms. The first kappa shape index (κ1) is 15.0. The van der Waals surface area contributed by atoms with Gasteiger partial charge in [-0.2, -0.15) is 0 Å². The smallest absolute Gasteiger partial charge is 0.251 e. The number of nitrogens with one attached hydrogen (secondary N) is 1. The molecule has 0 unspecified atom stereocenters. The van der Waals surface area contributed by atoms with Gasteiger partial charge in [0.05, 0.1) is 5.54 Å². The van der Waals surface area contributed by atoms with Crippen molar-refractivity contribution in [1.29, 1.82) is 0 Å². The Hall–Kier alpha value is -1.09. The van der Waals surface area contributed by atoms with Crippen molar-refractivity contribution in [2.24, 2.45) is 0 Å². The predicted molar refractivity (Wildman–Crippen MR) is 72.6 cm³/mol. The minimum atomic E-state index is -0.388. The maximum atomic E-state index is 13.1. The van der Waals surface area contributed by atoms with Gasteiger partial charge in [-0.3, -0.25) is 4.79 Å². The quantitative estimate of drug-likeness (QED) is 0.814. The Bertz CT molecular complexity index is 422. The van der Waals surface area contributed by atoms with Gasteiger partial charge < -0.3 is 5.32 Å². The zero-order valence-corrected chi connectivity index (χ0v) is 11.8. The molecule has 1 aromatic rings. The van der Waals surface area contributed by atoms with Crippen LogP contribution in [-0.4, -0.2) is 17.3 Å². The second-order valence-electron chi connectivity index (χ2n) is 4.54. The largest absolute Gasteiger partial charge is 0.345 e. The fourth-order valence-corrected chi connectivity index (χ4v) is 2.19. The third-order valence-electron chi connectivity index (χ3n) is 3.41. The van der Waals surface area contributed by atoms with Crippen molar-refractivity contribution in [3.63, 3.8) is 0 Å². The first-order valence-corrected chi connectivity index (χ1v) is 6.66. The number of rotatable bonds is 5. The molecular weight excluding hydrogens is 253 g/mol. The van der Waals surface area contributed by atoms with Crippen molar-refractivity contribution >= 4 is 17.5 Å². The van der Waals surface area contributed by atoms with Crippen LogP contribution in [-0.2, 0) is 0 Å². The van der Waals surface area contributed by atoms with Crippen LogP contribution >= 0.6 is 11.6 Å². The van der Waals surface area contributed by atoms with Crippen molar-refractivity contribution in [3.8, 4) is 0 Å². The van der Waals surface area contributed by atoms with E-state index >= 15 is 0 Å². The summed E-state index contributed by atoms with van der Waals surface area (Å²) in [7, 11) is 0. The molecule has 100 valence electrons. The molecule has 0 atom stereocenters. The Morgan fingerprint density at radius 1 is 1.39 bits per heavy atom. The highest BCUT2D eigenvalue weighted by Crippen LogP contribution is 2.18. The topological polar surface area (TPSA) is 29.1 Å². The molecule has 0 aliphatic rings. The molecule has 18 heavy (non-hydrogen) atoms. The monoisotopic (exact) mass is 271 g/mol. The maximum Gasteiger partial charge on any atom is 0.251 e. The lowest BCUT2D eigenvalue weighted by atomic mass is 9.94. The van der Waals surface area contributed by atoms with Gasteiger partial charge in [0.2, 0.25) is 0 Å². The number of alkyl halides is 1. The second kappa shape index (κ2) is 6.19. The van der Waals surface area contributed by atoms with Crippen molar-refractivity contribution in [1.82, 2.24) is 5.32 Å². The lowest BCUT2D eigenvalue weighted by molar-refractivity contribution is 0.0902. The summed E-state index contributed by atoms with van der Waals surface area (Å²) in [5.74, 6) is -0.144. The van der Waals surface area contributed by atoms with Crippen molar-refractivity contribution in [2.45, 2.75) is 39.2 Å². The van der Waals surface area contributed by atoms with Crippen molar-refractivity contribution < 1.29 is 9.18 Å². The average Bonchev–Trinajstić information content (AvgIpc) is 2.39. The Balaban J connectivity index is 2.90. The van der Waals surface area contributed by atoms with E-state index in [1.165, 1.54) is 12.1 Å². The summed E-state index contributed by atoms with van der Waals surface area (Å²) in [5, 5.41) is 2.95. The summed E-state index contributed by atoms with van der Waals surface area (Å²) in [5.41, 5.74) is 0.540. The van der Waals surface area contributed by atoms with Crippen molar-refractivity contribution in [3.05, 3.63) is 35.1 Å². The molecule has 1 aromatic carbocycles. The molecule has 0 spiro atoms. The molecule has 1 rings (SSSR count). The standard InChI is InChI=1S/C14H19ClFNO/c1-4-14(5-2,9-15)17-13(18)11-6-7-12(16)10(3)8-11/h6-8H,4-5,9H2,1-3H3,(H,17,18). The molecule has 0 saturated heterocycles. The lowest BCUT2D eigenvalue weighted by Crippen LogP contribution is -2.49. The number of carbonyl (C=O) groups excluding carboxylic acids is 1. The van der Waals surface area contributed by atoms with Gasteiger partial charge in [-0.15, -0.1) is 11.6 Å². The normalized spacial score (nSPS) is 11.4. The van der Waals surface area contributed by atoms with Gasteiger partial charge in [-0.1, -0.05) is 13.8 Å². The van der Waals surface area contributed by atoms with E-state index in [2.05, 4.69) is 5.32 Å². The molecule has 0 radical (unpaired) electrons. The summed E-state index contributed by atoms with van der Waals surface area (Å²) in [6, 6.07) is 4.35. The van der Waals surface area contributed by atoms with E-state index in [-0.39, 0.29) is 17.3 Å². The fraction of sp³-hybridized carbons (Fsp3) is 0.500. The van der Waals surface area contributed by atoms with E-state index in [0.717, 1.165) is 12.8 Å². The highest BCUT2D eigenvalue weighted by Gasteiger charge is 2.27. The first-order chi connectivity index (χ1) is 8.48. The molecule has 2 nitrogen and oxygen atoms in total. The minimum absolute atomic E-state index is 0.206. The molecule has 0 aliphatic carbocycles. The summed E-state index contributed by atoms with van der Waals surface area (Å²) >= 11 is 5.94. The number of hydrogen-bond acceptors (Lipinski definition) is 1. The van der Waals surface area contributed by atoms with E-state index in [4.69, 9.17) is 11.6 Å². The zero-order chi connectivity index (χ0) is 13.8. The van der Waals surface area contributed by atoms with Crippen LogP contribution in [0.25, 0.3) is 0 Å². The minimum Gasteiger partial charge on any atom is -0.345 e. The van der Waals surface area contributed by atoms with E-state index in [9.17, 15) is 9.18 Å². The molecule has 1 amide bonds. The predicted octanol–water partition coefficient (Wildman–Crippen LogP) is 3.66. The fourth-order valence-electron chi connectivity index (χ4n) is 1.75. The highest BCUT2D eigenvalue weighted by molar-refractivity contribution is 6.19. The number of halogens is 2.